The van der Waals surface area contributed by atoms with Gasteiger partial charge in [-0.1, -0.05) is 0 Å². The number of phenols is 3. The summed E-state index contributed by atoms with van der Waals surface area (Å²) in [5.41, 5.74) is -2.31. The summed E-state index contributed by atoms with van der Waals surface area (Å²) in [5.74, 6) is -4.97. The molecule has 8 heteroatoms. The molecule has 2 atom stereocenters. The van der Waals surface area contributed by atoms with Crippen LogP contribution in [0.15, 0.2) is 18.2 Å². The molecule has 0 amide bonds. The van der Waals surface area contributed by atoms with Crippen molar-refractivity contribution in [2.75, 3.05) is 7.11 Å². The summed E-state index contributed by atoms with van der Waals surface area (Å²) in [6, 6.07) is 3.46. The molecular weight excluding hydrogens is 380 g/mol. The lowest BCUT2D eigenvalue weighted by Crippen LogP contribution is -2.42. The first-order valence-corrected chi connectivity index (χ1v) is 8.93. The highest BCUT2D eigenvalue weighted by molar-refractivity contribution is 6.31. The number of carbonyl (C=O) groups is 3. The summed E-state index contributed by atoms with van der Waals surface area (Å²) in [7, 11) is 1.16. The number of aliphatic hydroxyl groups is 1. The van der Waals surface area contributed by atoms with Crippen LogP contribution in [0.4, 0.5) is 0 Å². The van der Waals surface area contributed by atoms with E-state index in [9.17, 15) is 34.8 Å². The second-order valence-electron chi connectivity index (χ2n) is 7.54. The average Bonchev–Trinajstić information content (AvgIpc) is 2.66. The summed E-state index contributed by atoms with van der Waals surface area (Å²) >= 11 is 0. The Kier molecular flexibility index (Phi) is 3.95. The van der Waals surface area contributed by atoms with Crippen LogP contribution in [0.2, 0.25) is 0 Å². The Morgan fingerprint density at radius 1 is 1.07 bits per heavy atom. The topological polar surface area (TPSA) is 141 Å². The van der Waals surface area contributed by atoms with Crippen molar-refractivity contribution >= 4 is 17.5 Å². The Labute approximate surface area is 165 Å². The molecule has 2 aromatic rings. The van der Waals surface area contributed by atoms with Gasteiger partial charge in [-0.15, -0.1) is 0 Å². The number of carbonyl (C=O) groups excluding carboxylic acids is 3. The van der Waals surface area contributed by atoms with Crippen molar-refractivity contribution in [3.05, 3.63) is 51.6 Å². The predicted molar refractivity (Wildman–Crippen MR) is 98.4 cm³/mol. The molecule has 0 radical (unpaired) electrons. The molecule has 4 rings (SSSR count). The summed E-state index contributed by atoms with van der Waals surface area (Å²) in [6.45, 7) is 1.46. The van der Waals surface area contributed by atoms with Crippen LogP contribution in [-0.2, 0) is 16.0 Å². The second-order valence-corrected chi connectivity index (χ2v) is 7.54. The molecule has 0 aliphatic heterocycles. The molecule has 8 nitrogen and oxygen atoms in total. The van der Waals surface area contributed by atoms with Gasteiger partial charge in [0.1, 0.15) is 23.2 Å². The first-order valence-electron chi connectivity index (χ1n) is 8.93. The molecule has 0 saturated heterocycles. The van der Waals surface area contributed by atoms with Crippen molar-refractivity contribution in [1.29, 1.82) is 0 Å². The number of ketones is 2. The highest BCUT2D eigenvalue weighted by Crippen LogP contribution is 2.48. The molecule has 29 heavy (non-hydrogen) atoms. The number of rotatable bonds is 1. The summed E-state index contributed by atoms with van der Waals surface area (Å²) in [4.78, 5) is 38.4. The fraction of sp³-hybridized carbons (Fsp3) is 0.286. The van der Waals surface area contributed by atoms with Crippen molar-refractivity contribution < 1.29 is 39.5 Å². The van der Waals surface area contributed by atoms with Gasteiger partial charge in [0.2, 0.25) is 5.78 Å². The average molecular weight is 398 g/mol. The minimum Gasteiger partial charge on any atom is -0.507 e. The van der Waals surface area contributed by atoms with E-state index in [2.05, 4.69) is 0 Å². The molecule has 2 aromatic carbocycles. The second kappa shape index (κ2) is 6.05. The predicted octanol–water partition coefficient (Wildman–Crippen LogP) is 1.53. The van der Waals surface area contributed by atoms with Crippen LogP contribution in [0.5, 0.6) is 17.2 Å². The Morgan fingerprint density at radius 3 is 2.24 bits per heavy atom. The lowest BCUT2D eigenvalue weighted by Gasteiger charge is -2.38. The highest BCUT2D eigenvalue weighted by atomic mass is 16.5. The third-order valence-electron chi connectivity index (χ3n) is 5.78. The number of hydrogen-bond donors (Lipinski definition) is 4. The van der Waals surface area contributed by atoms with Gasteiger partial charge in [-0.05, 0) is 49.1 Å². The molecule has 2 aliphatic rings. The zero-order valence-corrected chi connectivity index (χ0v) is 15.6. The molecule has 150 valence electrons. The molecule has 0 bridgehead atoms. The fourth-order valence-electron chi connectivity index (χ4n) is 4.32. The van der Waals surface area contributed by atoms with Crippen molar-refractivity contribution in [2.24, 2.45) is 0 Å². The first kappa shape index (κ1) is 18.9. The maximum Gasteiger partial charge on any atom is 0.316 e. The standard InChI is InChI=1S/C21H18O8/c1-21(28)6-5-8-9(16(21)20(27)29-2)7-10-13(17(8)24)19(26)15-12(23)4-3-11(22)14(15)18(10)25/h3-4,7,16,22-24,28H,5-6H2,1-2H3. The van der Waals surface area contributed by atoms with Gasteiger partial charge in [-0.2, -0.15) is 0 Å². The molecule has 0 spiro atoms. The minimum atomic E-state index is -1.49. The highest BCUT2D eigenvalue weighted by Gasteiger charge is 2.47. The number of phenolic OH excluding ortho intramolecular Hbond substituents is 3. The quantitative estimate of drug-likeness (QED) is 0.357. The van der Waals surface area contributed by atoms with Gasteiger partial charge < -0.3 is 25.2 Å². The van der Waals surface area contributed by atoms with Crippen LogP contribution >= 0.6 is 0 Å². The SMILES string of the molecule is COC(=O)C1c2cc3c(c(O)c2CCC1(C)O)C(=O)c1c(O)ccc(O)c1C3=O. The van der Waals surface area contributed by atoms with Crippen molar-refractivity contribution in [2.45, 2.75) is 31.3 Å². The Balaban J connectivity index is 2.03. The van der Waals surface area contributed by atoms with Crippen molar-refractivity contribution in [3.8, 4) is 17.2 Å². The molecule has 0 heterocycles. The van der Waals surface area contributed by atoms with Crippen LogP contribution < -0.4 is 0 Å². The Hall–Kier alpha value is -3.39. The minimum absolute atomic E-state index is 0.122. The van der Waals surface area contributed by atoms with Crippen LogP contribution in [0, 0.1) is 0 Å². The van der Waals surface area contributed by atoms with Gasteiger partial charge in [0.15, 0.2) is 5.78 Å². The molecular formula is C21H18O8. The zero-order valence-electron chi connectivity index (χ0n) is 15.6. The van der Waals surface area contributed by atoms with E-state index in [0.717, 1.165) is 19.2 Å². The van der Waals surface area contributed by atoms with E-state index < -0.39 is 46.3 Å². The van der Waals surface area contributed by atoms with Crippen molar-refractivity contribution in [3.63, 3.8) is 0 Å². The van der Waals surface area contributed by atoms with Gasteiger partial charge in [0.25, 0.3) is 0 Å². The normalized spacial score (nSPS) is 22.5. The number of ether oxygens (including phenoxy) is 1. The number of hydrogen-bond acceptors (Lipinski definition) is 8. The van der Waals surface area contributed by atoms with E-state index in [1.54, 1.807) is 0 Å². The van der Waals surface area contributed by atoms with Crippen LogP contribution in [-0.4, -0.2) is 50.7 Å². The Morgan fingerprint density at radius 2 is 1.66 bits per heavy atom. The van der Waals surface area contributed by atoms with Gasteiger partial charge in [-0.3, -0.25) is 14.4 Å². The van der Waals surface area contributed by atoms with E-state index in [0.29, 0.717) is 0 Å². The van der Waals surface area contributed by atoms with E-state index in [4.69, 9.17) is 4.74 Å². The number of methoxy groups -OCH3 is 1. The van der Waals surface area contributed by atoms with E-state index >= 15 is 0 Å². The smallest absolute Gasteiger partial charge is 0.316 e. The monoisotopic (exact) mass is 398 g/mol. The lowest BCUT2D eigenvalue weighted by molar-refractivity contribution is -0.149. The molecule has 2 aliphatic carbocycles. The molecule has 0 saturated carbocycles. The molecule has 0 aromatic heterocycles. The third-order valence-corrected chi connectivity index (χ3v) is 5.78. The van der Waals surface area contributed by atoms with Crippen LogP contribution in [0.3, 0.4) is 0 Å². The summed E-state index contributed by atoms with van der Waals surface area (Å²) < 4.78 is 4.80. The fourth-order valence-corrected chi connectivity index (χ4v) is 4.32. The van der Waals surface area contributed by atoms with E-state index in [1.807, 2.05) is 0 Å². The van der Waals surface area contributed by atoms with Crippen LogP contribution in [0.25, 0.3) is 0 Å². The lowest BCUT2D eigenvalue weighted by atomic mass is 9.69. The van der Waals surface area contributed by atoms with Crippen molar-refractivity contribution in [1.82, 2.24) is 0 Å². The maximum absolute atomic E-state index is 13.1. The summed E-state index contributed by atoms with van der Waals surface area (Å²) in [6.07, 6.45) is 0.284. The van der Waals surface area contributed by atoms with E-state index in [-0.39, 0.29) is 46.2 Å². The number of esters is 1. The van der Waals surface area contributed by atoms with Gasteiger partial charge in [-0.25, -0.2) is 0 Å². The summed E-state index contributed by atoms with van der Waals surface area (Å²) in [5, 5.41) is 41.8. The Bertz CT molecular complexity index is 1110. The van der Waals surface area contributed by atoms with E-state index in [1.165, 1.54) is 13.0 Å². The van der Waals surface area contributed by atoms with Gasteiger partial charge in [0, 0.05) is 5.56 Å². The zero-order chi connectivity index (χ0) is 21.2. The largest absolute Gasteiger partial charge is 0.507 e. The molecule has 0 fully saturated rings. The third kappa shape index (κ3) is 2.45. The maximum atomic E-state index is 13.1. The van der Waals surface area contributed by atoms with Crippen LogP contribution in [0.1, 0.15) is 62.2 Å². The van der Waals surface area contributed by atoms with Gasteiger partial charge >= 0.3 is 5.97 Å². The number of aromatic hydroxyl groups is 3. The molecule has 4 N–H and O–H groups in total. The van der Waals surface area contributed by atoms with Gasteiger partial charge in [0.05, 0.1) is 29.4 Å². The number of fused-ring (bicyclic) bond motifs is 3. The first-order chi connectivity index (χ1) is 13.6. The molecule has 2 unspecified atom stereocenters. The number of benzene rings is 2.